The number of nitrogens with one attached hydrogen (secondary N) is 1. The fourth-order valence-corrected chi connectivity index (χ4v) is 2.54. The van der Waals surface area contributed by atoms with Gasteiger partial charge in [0, 0.05) is 38.5 Å². The summed E-state index contributed by atoms with van der Waals surface area (Å²) >= 11 is 0. The van der Waals surface area contributed by atoms with Gasteiger partial charge in [-0.3, -0.25) is 14.9 Å². The standard InChI is InChI=1S/C18H15F6N3O3/c1-26(2)16(28)14-8-13(27(29)30)3-4-15(14)25-9-10-5-11(17(19,20)21)7-12(6-10)18(22,23)24/h3-8,25H,9H2,1-2H3. The number of non-ortho nitro benzene ring substituents is 1. The van der Waals surface area contributed by atoms with E-state index in [1.165, 1.54) is 14.1 Å². The molecule has 0 aliphatic rings. The first-order chi connectivity index (χ1) is 13.7. The number of alkyl halides is 6. The Hall–Kier alpha value is -3.31. The van der Waals surface area contributed by atoms with Crippen molar-refractivity contribution in [2.24, 2.45) is 0 Å². The molecule has 2 aromatic rings. The molecule has 1 amide bonds. The molecule has 0 aliphatic carbocycles. The van der Waals surface area contributed by atoms with Gasteiger partial charge in [0.2, 0.25) is 0 Å². The van der Waals surface area contributed by atoms with Crippen molar-refractivity contribution >= 4 is 17.3 Å². The molecule has 0 aliphatic heterocycles. The molecule has 0 radical (unpaired) electrons. The van der Waals surface area contributed by atoms with Gasteiger partial charge >= 0.3 is 12.4 Å². The summed E-state index contributed by atoms with van der Waals surface area (Å²) in [6, 6.07) is 4.31. The molecule has 0 saturated heterocycles. The Labute approximate surface area is 166 Å². The first-order valence-corrected chi connectivity index (χ1v) is 8.22. The number of carbonyl (C=O) groups is 1. The molecule has 2 rings (SSSR count). The highest BCUT2D eigenvalue weighted by Crippen LogP contribution is 2.36. The number of rotatable bonds is 5. The minimum atomic E-state index is -4.99. The Morgan fingerprint density at radius 2 is 1.53 bits per heavy atom. The van der Waals surface area contributed by atoms with E-state index >= 15 is 0 Å². The Morgan fingerprint density at radius 1 is 1.00 bits per heavy atom. The molecule has 0 fully saturated rings. The Bertz CT molecular complexity index is 938. The van der Waals surface area contributed by atoms with Crippen molar-refractivity contribution in [2.45, 2.75) is 18.9 Å². The van der Waals surface area contributed by atoms with Crippen LogP contribution in [0.1, 0.15) is 27.0 Å². The van der Waals surface area contributed by atoms with E-state index in [9.17, 15) is 41.3 Å². The van der Waals surface area contributed by atoms with Crippen LogP contribution in [0.4, 0.5) is 37.7 Å². The maximum absolute atomic E-state index is 13.0. The second-order valence-electron chi connectivity index (χ2n) is 6.45. The van der Waals surface area contributed by atoms with E-state index in [4.69, 9.17) is 0 Å². The summed E-state index contributed by atoms with van der Waals surface area (Å²) < 4.78 is 77.9. The van der Waals surface area contributed by atoms with Crippen LogP contribution < -0.4 is 5.32 Å². The van der Waals surface area contributed by atoms with Crippen LogP contribution in [0.2, 0.25) is 0 Å². The summed E-state index contributed by atoms with van der Waals surface area (Å²) in [4.78, 5) is 23.6. The smallest absolute Gasteiger partial charge is 0.380 e. The minimum Gasteiger partial charge on any atom is -0.380 e. The highest BCUT2D eigenvalue weighted by Gasteiger charge is 2.36. The van der Waals surface area contributed by atoms with E-state index in [1.807, 2.05) is 0 Å². The first kappa shape index (κ1) is 23.0. The molecule has 6 nitrogen and oxygen atoms in total. The number of halogens is 6. The van der Waals surface area contributed by atoms with Crippen molar-refractivity contribution in [1.29, 1.82) is 0 Å². The lowest BCUT2D eigenvalue weighted by Crippen LogP contribution is -2.23. The van der Waals surface area contributed by atoms with Crippen LogP contribution in [0.15, 0.2) is 36.4 Å². The molecule has 0 saturated carbocycles. The average Bonchev–Trinajstić information content (AvgIpc) is 2.63. The highest BCUT2D eigenvalue weighted by atomic mass is 19.4. The molecule has 0 bridgehead atoms. The van der Waals surface area contributed by atoms with Crippen LogP contribution in [-0.4, -0.2) is 29.8 Å². The second kappa shape index (κ2) is 8.20. The molecule has 2 aromatic carbocycles. The van der Waals surface area contributed by atoms with E-state index in [2.05, 4.69) is 5.32 Å². The number of anilines is 1. The molecule has 0 spiro atoms. The SMILES string of the molecule is CN(C)C(=O)c1cc([N+](=O)[O-])ccc1NCc1cc(C(F)(F)F)cc(C(F)(F)F)c1. The van der Waals surface area contributed by atoms with Crippen LogP contribution in [0.5, 0.6) is 0 Å². The largest absolute Gasteiger partial charge is 0.416 e. The van der Waals surface area contributed by atoms with Gasteiger partial charge < -0.3 is 10.2 Å². The topological polar surface area (TPSA) is 75.5 Å². The van der Waals surface area contributed by atoms with E-state index in [-0.39, 0.29) is 22.9 Å². The normalized spacial score (nSPS) is 11.9. The van der Waals surface area contributed by atoms with Gasteiger partial charge in [-0.05, 0) is 29.8 Å². The van der Waals surface area contributed by atoms with Gasteiger partial charge in [0.25, 0.3) is 11.6 Å². The van der Waals surface area contributed by atoms with Crippen molar-refractivity contribution in [3.63, 3.8) is 0 Å². The van der Waals surface area contributed by atoms with Crippen LogP contribution in [0.3, 0.4) is 0 Å². The van der Waals surface area contributed by atoms with Gasteiger partial charge in [0.05, 0.1) is 21.6 Å². The van der Waals surface area contributed by atoms with Gasteiger partial charge in [-0.1, -0.05) is 0 Å². The zero-order chi connectivity index (χ0) is 22.9. The first-order valence-electron chi connectivity index (χ1n) is 8.22. The Morgan fingerprint density at radius 3 is 1.97 bits per heavy atom. The van der Waals surface area contributed by atoms with Gasteiger partial charge in [0.1, 0.15) is 0 Å². The van der Waals surface area contributed by atoms with Crippen molar-refractivity contribution in [2.75, 3.05) is 19.4 Å². The predicted octanol–water partition coefficient (Wildman–Crippen LogP) is 4.95. The predicted molar refractivity (Wildman–Crippen MR) is 94.9 cm³/mol. The summed E-state index contributed by atoms with van der Waals surface area (Å²) in [7, 11) is 2.76. The average molecular weight is 435 g/mol. The summed E-state index contributed by atoms with van der Waals surface area (Å²) in [5.41, 5.74) is -3.81. The second-order valence-corrected chi connectivity index (χ2v) is 6.45. The number of amides is 1. The molecular formula is C18H15F6N3O3. The van der Waals surface area contributed by atoms with Crippen LogP contribution >= 0.6 is 0 Å². The van der Waals surface area contributed by atoms with E-state index in [0.29, 0.717) is 12.1 Å². The van der Waals surface area contributed by atoms with Crippen molar-refractivity contribution in [3.8, 4) is 0 Å². The zero-order valence-corrected chi connectivity index (χ0v) is 15.6. The zero-order valence-electron chi connectivity index (χ0n) is 15.6. The summed E-state index contributed by atoms with van der Waals surface area (Å²) in [6.07, 6.45) is -9.98. The Balaban J connectivity index is 2.43. The summed E-state index contributed by atoms with van der Waals surface area (Å²) in [5.74, 6) is -0.638. The third-order valence-corrected chi connectivity index (χ3v) is 3.98. The van der Waals surface area contributed by atoms with Crippen molar-refractivity contribution in [1.82, 2.24) is 4.90 Å². The highest BCUT2D eigenvalue weighted by molar-refractivity contribution is 6.00. The lowest BCUT2D eigenvalue weighted by atomic mass is 10.0. The van der Waals surface area contributed by atoms with E-state index in [1.54, 1.807) is 0 Å². The van der Waals surface area contributed by atoms with Crippen LogP contribution in [0.25, 0.3) is 0 Å². The van der Waals surface area contributed by atoms with E-state index in [0.717, 1.165) is 23.1 Å². The van der Waals surface area contributed by atoms with Crippen LogP contribution in [-0.2, 0) is 18.9 Å². The third kappa shape index (κ3) is 5.39. The van der Waals surface area contributed by atoms with Crippen molar-refractivity contribution < 1.29 is 36.1 Å². The number of nitro groups is 1. The molecule has 1 N–H and O–H groups in total. The summed E-state index contributed by atoms with van der Waals surface area (Å²) in [6.45, 7) is -0.488. The number of nitrogens with zero attached hydrogens (tertiary/aromatic N) is 2. The molecular weight excluding hydrogens is 420 g/mol. The monoisotopic (exact) mass is 435 g/mol. The number of hydrogen-bond donors (Lipinski definition) is 1. The summed E-state index contributed by atoms with van der Waals surface area (Å²) in [5, 5.41) is 13.5. The Kier molecular flexibility index (Phi) is 6.28. The number of benzene rings is 2. The quantitative estimate of drug-likeness (QED) is 0.410. The number of nitro benzene ring substituents is 1. The molecule has 0 atom stereocenters. The maximum Gasteiger partial charge on any atom is 0.416 e. The molecule has 0 unspecified atom stereocenters. The molecule has 30 heavy (non-hydrogen) atoms. The number of carbonyl (C=O) groups excluding carboxylic acids is 1. The fraction of sp³-hybridized carbons (Fsp3) is 0.278. The third-order valence-electron chi connectivity index (χ3n) is 3.98. The molecule has 0 aromatic heterocycles. The molecule has 0 heterocycles. The van der Waals surface area contributed by atoms with Crippen molar-refractivity contribution in [3.05, 3.63) is 68.8 Å². The lowest BCUT2D eigenvalue weighted by molar-refractivity contribution is -0.384. The van der Waals surface area contributed by atoms with Gasteiger partial charge in [-0.25, -0.2) is 0 Å². The maximum atomic E-state index is 13.0. The number of hydrogen-bond acceptors (Lipinski definition) is 4. The van der Waals surface area contributed by atoms with Gasteiger partial charge in [-0.2, -0.15) is 26.3 Å². The van der Waals surface area contributed by atoms with Gasteiger partial charge in [-0.15, -0.1) is 0 Å². The lowest BCUT2D eigenvalue weighted by Gasteiger charge is -2.17. The van der Waals surface area contributed by atoms with Crippen LogP contribution in [0, 0.1) is 10.1 Å². The molecule has 162 valence electrons. The molecule has 12 heteroatoms. The van der Waals surface area contributed by atoms with Gasteiger partial charge in [0.15, 0.2) is 0 Å². The fourth-order valence-electron chi connectivity index (χ4n) is 2.54. The minimum absolute atomic E-state index is 0.0103. The van der Waals surface area contributed by atoms with E-state index < -0.39 is 46.5 Å².